The van der Waals surface area contributed by atoms with Crippen LogP contribution in [-0.2, 0) is 6.54 Å². The van der Waals surface area contributed by atoms with Gasteiger partial charge in [-0.25, -0.2) is 0 Å². The summed E-state index contributed by atoms with van der Waals surface area (Å²) in [4.78, 5) is 0. The number of hydrogen-bond donors (Lipinski definition) is 1. The number of thioether (sulfide) groups is 1. The molecular formula is C16H27NOS. The lowest BCUT2D eigenvalue weighted by molar-refractivity contribution is 0.309. The van der Waals surface area contributed by atoms with Crippen LogP contribution in [0.4, 0.5) is 0 Å². The van der Waals surface area contributed by atoms with E-state index < -0.39 is 0 Å². The average Bonchev–Trinajstić information content (AvgIpc) is 2.41. The number of hydrogen-bond acceptors (Lipinski definition) is 3. The molecule has 0 saturated carbocycles. The molecule has 0 radical (unpaired) electrons. The molecule has 0 bridgehead atoms. The molecule has 1 aromatic rings. The summed E-state index contributed by atoms with van der Waals surface area (Å²) in [5, 5.41) is 3.50. The van der Waals surface area contributed by atoms with Crippen molar-refractivity contribution in [3.8, 4) is 5.75 Å². The van der Waals surface area contributed by atoms with Crippen molar-refractivity contribution in [3.63, 3.8) is 0 Å². The predicted molar refractivity (Wildman–Crippen MR) is 86.1 cm³/mol. The molecule has 0 aliphatic rings. The molecule has 0 aromatic heterocycles. The Labute approximate surface area is 122 Å². The zero-order chi connectivity index (χ0) is 14.1. The molecule has 2 nitrogen and oxygen atoms in total. The van der Waals surface area contributed by atoms with Gasteiger partial charge in [0.05, 0.1) is 6.61 Å². The van der Waals surface area contributed by atoms with Crippen LogP contribution in [0.1, 0.15) is 39.2 Å². The highest BCUT2D eigenvalue weighted by Crippen LogP contribution is 2.20. The monoisotopic (exact) mass is 281 g/mol. The van der Waals surface area contributed by atoms with Crippen LogP contribution >= 0.6 is 11.8 Å². The van der Waals surface area contributed by atoms with Gasteiger partial charge in [-0.1, -0.05) is 25.5 Å². The van der Waals surface area contributed by atoms with E-state index in [9.17, 15) is 0 Å². The quantitative estimate of drug-likeness (QED) is 0.689. The van der Waals surface area contributed by atoms with Crippen molar-refractivity contribution in [1.82, 2.24) is 5.32 Å². The Morgan fingerprint density at radius 3 is 2.47 bits per heavy atom. The number of nitrogens with one attached hydrogen (secondary N) is 1. The third kappa shape index (κ3) is 6.88. The first-order valence-corrected chi connectivity index (χ1v) is 8.27. The summed E-state index contributed by atoms with van der Waals surface area (Å²) in [6, 6.07) is 8.40. The highest BCUT2D eigenvalue weighted by Gasteiger charge is 2.14. The number of unbranched alkanes of at least 4 members (excludes halogenated alkanes) is 1. The van der Waals surface area contributed by atoms with E-state index >= 15 is 0 Å². The second kappa shape index (κ2) is 8.49. The molecule has 0 amide bonds. The summed E-state index contributed by atoms with van der Waals surface area (Å²) in [7, 11) is 0. The first kappa shape index (κ1) is 16.4. The second-order valence-corrected chi connectivity index (χ2v) is 6.93. The van der Waals surface area contributed by atoms with Crippen LogP contribution in [0.5, 0.6) is 5.75 Å². The molecule has 108 valence electrons. The molecule has 1 aromatic carbocycles. The third-order valence-electron chi connectivity index (χ3n) is 3.12. The van der Waals surface area contributed by atoms with Crippen molar-refractivity contribution in [2.45, 2.75) is 44.9 Å². The van der Waals surface area contributed by atoms with Crippen molar-refractivity contribution in [2.75, 3.05) is 19.4 Å². The predicted octanol–water partition coefficient (Wildman–Crippen LogP) is 4.10. The smallest absolute Gasteiger partial charge is 0.119 e. The second-order valence-electron chi connectivity index (χ2n) is 5.41. The van der Waals surface area contributed by atoms with Gasteiger partial charge < -0.3 is 10.1 Å². The fourth-order valence-electron chi connectivity index (χ4n) is 1.62. The maximum atomic E-state index is 5.65. The molecule has 3 heteroatoms. The summed E-state index contributed by atoms with van der Waals surface area (Å²) >= 11 is 1.89. The fraction of sp³-hybridized carbons (Fsp3) is 0.625. The van der Waals surface area contributed by atoms with Crippen LogP contribution in [0.15, 0.2) is 24.3 Å². The lowest BCUT2D eigenvalue weighted by Gasteiger charge is -2.22. The van der Waals surface area contributed by atoms with Gasteiger partial charge in [-0.2, -0.15) is 11.8 Å². The Kier molecular flexibility index (Phi) is 7.32. The minimum absolute atomic E-state index is 0.295. The van der Waals surface area contributed by atoms with Crippen LogP contribution < -0.4 is 10.1 Å². The lowest BCUT2D eigenvalue weighted by Crippen LogP contribution is -2.31. The van der Waals surface area contributed by atoms with Crippen molar-refractivity contribution < 1.29 is 4.74 Å². The Morgan fingerprint density at radius 1 is 1.21 bits per heavy atom. The zero-order valence-electron chi connectivity index (χ0n) is 12.7. The molecule has 19 heavy (non-hydrogen) atoms. The molecule has 1 rings (SSSR count). The maximum absolute atomic E-state index is 5.65. The van der Waals surface area contributed by atoms with Gasteiger partial charge >= 0.3 is 0 Å². The van der Waals surface area contributed by atoms with E-state index in [0.717, 1.165) is 31.9 Å². The molecule has 0 heterocycles. The van der Waals surface area contributed by atoms with Gasteiger partial charge in [0.2, 0.25) is 0 Å². The van der Waals surface area contributed by atoms with Crippen LogP contribution in [0.2, 0.25) is 0 Å². The molecule has 0 unspecified atom stereocenters. The molecule has 0 spiro atoms. The van der Waals surface area contributed by atoms with Gasteiger partial charge in [-0.05, 0) is 44.2 Å². The van der Waals surface area contributed by atoms with E-state index in [2.05, 4.69) is 56.6 Å². The molecule has 0 saturated heterocycles. The standard InChI is InChI=1S/C16H27NOS/c1-5-6-11-18-15-9-7-14(8-10-15)12-17-13-16(2,3)19-4/h7-10,17H,5-6,11-13H2,1-4H3. The Morgan fingerprint density at radius 2 is 1.89 bits per heavy atom. The number of rotatable bonds is 9. The van der Waals surface area contributed by atoms with Crippen molar-refractivity contribution in [2.24, 2.45) is 0 Å². The fourth-order valence-corrected chi connectivity index (χ4v) is 1.86. The van der Waals surface area contributed by atoms with Gasteiger partial charge in [-0.3, -0.25) is 0 Å². The molecule has 0 fully saturated rings. The normalized spacial score (nSPS) is 11.6. The van der Waals surface area contributed by atoms with Gasteiger partial charge in [-0.15, -0.1) is 0 Å². The number of ether oxygens (including phenoxy) is 1. The first-order valence-electron chi connectivity index (χ1n) is 7.05. The number of benzene rings is 1. The van der Waals surface area contributed by atoms with Crippen molar-refractivity contribution in [3.05, 3.63) is 29.8 Å². The Balaban J connectivity index is 2.32. The molecule has 0 aliphatic carbocycles. The van der Waals surface area contributed by atoms with E-state index in [-0.39, 0.29) is 0 Å². The lowest BCUT2D eigenvalue weighted by atomic mass is 10.2. The summed E-state index contributed by atoms with van der Waals surface area (Å²) in [6.07, 6.45) is 4.45. The van der Waals surface area contributed by atoms with Crippen molar-refractivity contribution >= 4 is 11.8 Å². The minimum Gasteiger partial charge on any atom is -0.494 e. The highest BCUT2D eigenvalue weighted by molar-refractivity contribution is 7.99. The van der Waals surface area contributed by atoms with E-state index in [1.165, 1.54) is 12.0 Å². The summed E-state index contributed by atoms with van der Waals surface area (Å²) in [5.41, 5.74) is 1.31. The van der Waals surface area contributed by atoms with Gasteiger partial charge in [0.25, 0.3) is 0 Å². The van der Waals surface area contributed by atoms with E-state index in [1.54, 1.807) is 0 Å². The molecule has 0 aliphatic heterocycles. The third-order valence-corrected chi connectivity index (χ3v) is 4.37. The Hall–Kier alpha value is -0.670. The average molecular weight is 281 g/mol. The van der Waals surface area contributed by atoms with Gasteiger partial charge in [0.1, 0.15) is 5.75 Å². The van der Waals surface area contributed by atoms with Crippen LogP contribution in [-0.4, -0.2) is 24.2 Å². The van der Waals surface area contributed by atoms with Crippen LogP contribution in [0.25, 0.3) is 0 Å². The van der Waals surface area contributed by atoms with Crippen LogP contribution in [0, 0.1) is 0 Å². The van der Waals surface area contributed by atoms with Crippen molar-refractivity contribution in [1.29, 1.82) is 0 Å². The summed E-state index contributed by atoms with van der Waals surface area (Å²) in [5.74, 6) is 0.974. The van der Waals surface area contributed by atoms with Gasteiger partial charge in [0.15, 0.2) is 0 Å². The highest BCUT2D eigenvalue weighted by atomic mass is 32.2. The molecule has 1 N–H and O–H groups in total. The molecule has 0 atom stereocenters. The largest absolute Gasteiger partial charge is 0.494 e. The summed E-state index contributed by atoms with van der Waals surface area (Å²) < 4.78 is 5.95. The van der Waals surface area contributed by atoms with E-state index in [1.807, 2.05) is 11.8 Å². The minimum atomic E-state index is 0.295. The van der Waals surface area contributed by atoms with Gasteiger partial charge in [0, 0.05) is 17.8 Å². The first-order chi connectivity index (χ1) is 9.07. The SMILES string of the molecule is CCCCOc1ccc(CNCC(C)(C)SC)cc1. The summed E-state index contributed by atoms with van der Waals surface area (Å²) in [6.45, 7) is 9.44. The van der Waals surface area contributed by atoms with Crippen LogP contribution in [0.3, 0.4) is 0 Å². The van der Waals surface area contributed by atoms with E-state index in [4.69, 9.17) is 4.74 Å². The topological polar surface area (TPSA) is 21.3 Å². The maximum Gasteiger partial charge on any atom is 0.119 e. The molecular weight excluding hydrogens is 254 g/mol. The zero-order valence-corrected chi connectivity index (χ0v) is 13.5. The van der Waals surface area contributed by atoms with E-state index in [0.29, 0.717) is 4.75 Å². The Bertz CT molecular complexity index is 348.